The summed E-state index contributed by atoms with van der Waals surface area (Å²) in [4.78, 5) is 5.49. The summed E-state index contributed by atoms with van der Waals surface area (Å²) in [6.45, 7) is 4.44. The third kappa shape index (κ3) is 3.21. The molecule has 1 aromatic rings. The van der Waals surface area contributed by atoms with Gasteiger partial charge in [-0.25, -0.2) is 4.98 Å². The van der Waals surface area contributed by atoms with E-state index in [0.717, 1.165) is 18.9 Å². The second kappa shape index (κ2) is 5.31. The van der Waals surface area contributed by atoms with Gasteiger partial charge in [0, 0.05) is 12.6 Å². The lowest BCUT2D eigenvalue weighted by molar-refractivity contribution is -0.141. The van der Waals surface area contributed by atoms with Crippen LogP contribution in [0.1, 0.15) is 37.9 Å². The Hall–Kier alpha value is -1.77. The van der Waals surface area contributed by atoms with Crippen molar-refractivity contribution in [1.29, 1.82) is 5.26 Å². The number of pyridine rings is 1. The molecule has 0 N–H and O–H groups in total. The fraction of sp³-hybridized carbons (Fsp3) is 0.571. The predicted octanol–water partition coefficient (Wildman–Crippen LogP) is 3.60. The zero-order chi connectivity index (χ0) is 14.9. The van der Waals surface area contributed by atoms with Crippen LogP contribution < -0.4 is 4.90 Å². The fourth-order valence-corrected chi connectivity index (χ4v) is 2.03. The lowest BCUT2D eigenvalue weighted by atomic mass is 10.2. The van der Waals surface area contributed by atoms with Crippen LogP contribution >= 0.6 is 0 Å². The van der Waals surface area contributed by atoms with E-state index in [-0.39, 0.29) is 17.4 Å². The molecule has 1 aliphatic rings. The van der Waals surface area contributed by atoms with Crippen molar-refractivity contribution in [3.8, 4) is 6.07 Å². The van der Waals surface area contributed by atoms with Crippen LogP contribution in [0.15, 0.2) is 12.1 Å². The highest BCUT2D eigenvalue weighted by atomic mass is 19.4. The molecule has 0 radical (unpaired) electrons. The summed E-state index contributed by atoms with van der Waals surface area (Å²) >= 11 is 0. The van der Waals surface area contributed by atoms with Crippen LogP contribution in [0.3, 0.4) is 0 Å². The van der Waals surface area contributed by atoms with Crippen LogP contribution in [0.25, 0.3) is 0 Å². The summed E-state index contributed by atoms with van der Waals surface area (Å²) in [5, 5.41) is 9.09. The fourth-order valence-electron chi connectivity index (χ4n) is 2.03. The second-order valence-electron chi connectivity index (χ2n) is 5.37. The van der Waals surface area contributed by atoms with Crippen LogP contribution in [-0.2, 0) is 6.18 Å². The number of hydrogen-bond donors (Lipinski definition) is 0. The SMILES string of the molecule is CC(C)N(CC1CC1)c1nc(C(F)(F)F)ccc1C#N. The molecular weight excluding hydrogens is 267 g/mol. The Morgan fingerprint density at radius 2 is 2.05 bits per heavy atom. The van der Waals surface area contributed by atoms with E-state index in [1.54, 1.807) is 4.90 Å². The van der Waals surface area contributed by atoms with Crippen molar-refractivity contribution in [3.05, 3.63) is 23.4 Å². The Bertz CT molecular complexity index is 527. The minimum absolute atomic E-state index is 0.00122. The smallest absolute Gasteiger partial charge is 0.353 e. The molecule has 0 bridgehead atoms. The molecule has 2 rings (SSSR count). The number of hydrogen-bond acceptors (Lipinski definition) is 3. The molecule has 0 atom stereocenters. The van der Waals surface area contributed by atoms with Gasteiger partial charge in [0.25, 0.3) is 0 Å². The molecule has 20 heavy (non-hydrogen) atoms. The van der Waals surface area contributed by atoms with E-state index in [0.29, 0.717) is 12.5 Å². The maximum absolute atomic E-state index is 12.8. The molecule has 1 fully saturated rings. The van der Waals surface area contributed by atoms with Gasteiger partial charge < -0.3 is 4.90 Å². The third-order valence-corrected chi connectivity index (χ3v) is 3.33. The molecule has 1 aliphatic carbocycles. The molecule has 3 nitrogen and oxygen atoms in total. The quantitative estimate of drug-likeness (QED) is 0.847. The van der Waals surface area contributed by atoms with Crippen molar-refractivity contribution in [1.82, 2.24) is 4.98 Å². The number of rotatable bonds is 4. The number of nitrogens with zero attached hydrogens (tertiary/aromatic N) is 3. The predicted molar refractivity (Wildman–Crippen MR) is 69.2 cm³/mol. The molecule has 1 heterocycles. The van der Waals surface area contributed by atoms with Gasteiger partial charge in [-0.1, -0.05) is 0 Å². The van der Waals surface area contributed by atoms with Crippen LogP contribution in [0, 0.1) is 17.2 Å². The topological polar surface area (TPSA) is 39.9 Å². The van der Waals surface area contributed by atoms with Gasteiger partial charge in [-0.2, -0.15) is 18.4 Å². The highest BCUT2D eigenvalue weighted by Crippen LogP contribution is 2.34. The second-order valence-corrected chi connectivity index (χ2v) is 5.37. The monoisotopic (exact) mass is 283 g/mol. The molecule has 0 unspecified atom stereocenters. The zero-order valence-corrected chi connectivity index (χ0v) is 11.4. The van der Waals surface area contributed by atoms with Crippen LogP contribution in [-0.4, -0.2) is 17.6 Å². The van der Waals surface area contributed by atoms with E-state index in [2.05, 4.69) is 4.98 Å². The van der Waals surface area contributed by atoms with Crippen molar-refractivity contribution in [2.75, 3.05) is 11.4 Å². The van der Waals surface area contributed by atoms with E-state index >= 15 is 0 Å². The average Bonchev–Trinajstić information content (AvgIpc) is 3.17. The molecule has 0 amide bonds. The third-order valence-electron chi connectivity index (χ3n) is 3.33. The molecule has 0 aliphatic heterocycles. The normalized spacial score (nSPS) is 15.2. The number of alkyl halides is 3. The van der Waals surface area contributed by atoms with Gasteiger partial charge in [-0.05, 0) is 44.7 Å². The molecule has 1 aromatic heterocycles. The standard InChI is InChI=1S/C14H16F3N3/c1-9(2)20(8-10-3-4-10)13-11(7-18)5-6-12(19-13)14(15,16)17/h5-6,9-10H,3-4,8H2,1-2H3. The average molecular weight is 283 g/mol. The van der Waals surface area contributed by atoms with Crippen molar-refractivity contribution in [3.63, 3.8) is 0 Å². The Morgan fingerprint density at radius 3 is 2.50 bits per heavy atom. The first-order valence-electron chi connectivity index (χ1n) is 6.58. The molecule has 108 valence electrons. The largest absolute Gasteiger partial charge is 0.433 e. The van der Waals surface area contributed by atoms with Gasteiger partial charge in [0.2, 0.25) is 0 Å². The van der Waals surface area contributed by atoms with E-state index in [1.807, 2.05) is 19.9 Å². The highest BCUT2D eigenvalue weighted by molar-refractivity contribution is 5.55. The van der Waals surface area contributed by atoms with Gasteiger partial charge in [0.1, 0.15) is 17.6 Å². The number of anilines is 1. The first-order chi connectivity index (χ1) is 9.32. The lowest BCUT2D eigenvalue weighted by Gasteiger charge is -2.29. The Balaban J connectivity index is 2.42. The van der Waals surface area contributed by atoms with Crippen molar-refractivity contribution in [2.45, 2.75) is 38.9 Å². The number of aromatic nitrogens is 1. The molecule has 1 saturated carbocycles. The Labute approximate surface area is 116 Å². The number of halogens is 3. The lowest BCUT2D eigenvalue weighted by Crippen LogP contribution is -2.34. The van der Waals surface area contributed by atoms with Crippen LogP contribution in [0.5, 0.6) is 0 Å². The first-order valence-corrected chi connectivity index (χ1v) is 6.58. The summed E-state index contributed by atoms with van der Waals surface area (Å²) in [5.41, 5.74) is -0.764. The molecule has 0 spiro atoms. The van der Waals surface area contributed by atoms with Crippen molar-refractivity contribution >= 4 is 5.82 Å². The van der Waals surface area contributed by atoms with E-state index in [9.17, 15) is 13.2 Å². The minimum Gasteiger partial charge on any atom is -0.353 e. The summed E-state index contributed by atoms with van der Waals surface area (Å²) in [6.07, 6.45) is -2.32. The van der Waals surface area contributed by atoms with Gasteiger partial charge in [0.05, 0.1) is 5.56 Å². The van der Waals surface area contributed by atoms with Crippen molar-refractivity contribution < 1.29 is 13.2 Å². The van der Waals surface area contributed by atoms with Gasteiger partial charge in [0.15, 0.2) is 0 Å². The van der Waals surface area contributed by atoms with Gasteiger partial charge in [-0.15, -0.1) is 0 Å². The molecule has 0 aromatic carbocycles. The maximum atomic E-state index is 12.8. The van der Waals surface area contributed by atoms with E-state index < -0.39 is 11.9 Å². The summed E-state index contributed by atoms with van der Waals surface area (Å²) in [6, 6.07) is 3.99. The number of nitriles is 1. The zero-order valence-electron chi connectivity index (χ0n) is 11.4. The molecular formula is C14H16F3N3. The summed E-state index contributed by atoms with van der Waals surface area (Å²) in [7, 11) is 0. The maximum Gasteiger partial charge on any atom is 0.433 e. The van der Waals surface area contributed by atoms with Crippen molar-refractivity contribution in [2.24, 2.45) is 5.92 Å². The van der Waals surface area contributed by atoms with E-state index in [4.69, 9.17) is 5.26 Å². The Morgan fingerprint density at radius 1 is 1.40 bits per heavy atom. The Kier molecular flexibility index (Phi) is 3.89. The van der Waals surface area contributed by atoms with Gasteiger partial charge >= 0.3 is 6.18 Å². The van der Waals surface area contributed by atoms with Crippen LogP contribution in [0.4, 0.5) is 19.0 Å². The van der Waals surface area contributed by atoms with Gasteiger partial charge in [-0.3, -0.25) is 0 Å². The highest BCUT2D eigenvalue weighted by Gasteiger charge is 2.34. The van der Waals surface area contributed by atoms with Crippen LogP contribution in [0.2, 0.25) is 0 Å². The molecule has 0 saturated heterocycles. The first kappa shape index (κ1) is 14.6. The minimum atomic E-state index is -4.50. The summed E-state index contributed by atoms with van der Waals surface area (Å²) in [5.74, 6) is 0.643. The molecule has 6 heteroatoms. The van der Waals surface area contributed by atoms with E-state index in [1.165, 1.54) is 6.07 Å². The summed E-state index contributed by atoms with van der Waals surface area (Å²) < 4.78 is 38.3.